The van der Waals surface area contributed by atoms with Crippen LogP contribution in [0.1, 0.15) is 200 Å². The minimum atomic E-state index is -5.66. The summed E-state index contributed by atoms with van der Waals surface area (Å²) in [6.07, 6.45) is 3.58. The minimum Gasteiger partial charge on any atom is -0.458 e. The molecule has 23 nitrogen and oxygen atoms in total. The first-order chi connectivity index (χ1) is 39.4. The van der Waals surface area contributed by atoms with Crippen molar-refractivity contribution in [1.82, 2.24) is 0 Å². The van der Waals surface area contributed by atoms with E-state index in [2.05, 4.69) is 13.8 Å². The molecule has 0 radical (unpaired) electrons. The van der Waals surface area contributed by atoms with Crippen molar-refractivity contribution in [3.8, 4) is 0 Å². The number of hydrogen-bond donors (Lipinski definition) is 12. The molecule has 0 bridgehead atoms. The zero-order valence-corrected chi connectivity index (χ0v) is 49.7. The van der Waals surface area contributed by atoms with Crippen LogP contribution in [0.2, 0.25) is 0 Å². The van der Waals surface area contributed by atoms with E-state index in [9.17, 15) is 75.2 Å². The summed E-state index contributed by atoms with van der Waals surface area (Å²) < 4.78 is 58.0. The maximum absolute atomic E-state index is 14.0. The van der Waals surface area contributed by atoms with Crippen LogP contribution in [0, 0.1) is 0 Å². The van der Waals surface area contributed by atoms with Gasteiger partial charge in [-0.05, 0) is 19.3 Å². The molecule has 1 saturated carbocycles. The van der Waals surface area contributed by atoms with Gasteiger partial charge in [-0.1, -0.05) is 193 Å². The van der Waals surface area contributed by atoms with Gasteiger partial charge >= 0.3 is 19.8 Å². The lowest BCUT2D eigenvalue weighted by molar-refractivity contribution is -0.360. The van der Waals surface area contributed by atoms with Gasteiger partial charge in [-0.3, -0.25) is 13.8 Å². The second-order valence-corrected chi connectivity index (χ2v) is 23.7. The number of allylic oxidation sites excluding steroid dienone is 3. The Morgan fingerprint density at radius 2 is 0.878 bits per heavy atom. The Balaban J connectivity index is 1.70. The molecule has 3 rings (SSSR count). The molecule has 12 N–H and O–H groups in total. The van der Waals surface area contributed by atoms with Gasteiger partial charge in [0.2, 0.25) is 0 Å². The molecule has 0 amide bonds. The molecule has 0 aromatic heterocycles. The molecule has 16 atom stereocenters. The second-order valence-electron chi connectivity index (χ2n) is 22.3. The predicted octanol–water partition coefficient (Wildman–Crippen LogP) is 4.88. The van der Waals surface area contributed by atoms with E-state index in [-0.39, 0.29) is 6.42 Å². The van der Waals surface area contributed by atoms with Crippen LogP contribution >= 0.6 is 7.82 Å². The maximum atomic E-state index is 14.0. The average Bonchev–Trinajstić information content (AvgIpc) is 3.64. The third-order valence-corrected chi connectivity index (χ3v) is 16.4. The van der Waals surface area contributed by atoms with Crippen LogP contribution in [0.3, 0.4) is 0 Å². The van der Waals surface area contributed by atoms with Crippen LogP contribution in [-0.4, -0.2) is 204 Å². The number of aliphatic hydroxyl groups is 11. The van der Waals surface area contributed by atoms with Gasteiger partial charge in [0.05, 0.1) is 19.8 Å². The summed E-state index contributed by atoms with van der Waals surface area (Å²) in [5, 5.41) is 117. The second kappa shape index (κ2) is 42.7. The average molecular weight is 1200 g/mol. The lowest BCUT2D eigenvalue weighted by Crippen LogP contribution is -2.69. The first kappa shape index (κ1) is 74.2. The fraction of sp³-hybridized carbons (Fsp3) is 0.897. The molecule has 0 spiro atoms. The van der Waals surface area contributed by atoms with Crippen molar-refractivity contribution in [2.45, 2.75) is 304 Å². The molecule has 24 heteroatoms. The highest BCUT2D eigenvalue weighted by molar-refractivity contribution is 7.47. The third-order valence-electron chi connectivity index (χ3n) is 15.4. The monoisotopic (exact) mass is 1200 g/mol. The zero-order valence-electron chi connectivity index (χ0n) is 48.8. The number of ether oxygens (including phenoxy) is 6. The molecule has 3 aliphatic rings. The molecule has 82 heavy (non-hydrogen) atoms. The number of carbonyl (C=O) groups excluding carboxylic acids is 2. The summed E-state index contributed by atoms with van der Waals surface area (Å²) in [4.78, 5) is 37.4. The number of esters is 2. The van der Waals surface area contributed by atoms with Crippen molar-refractivity contribution in [2.24, 2.45) is 0 Å². The molecule has 2 saturated heterocycles. The van der Waals surface area contributed by atoms with Gasteiger partial charge in [0.15, 0.2) is 18.7 Å². The van der Waals surface area contributed by atoms with E-state index < -0.39 is 150 Å². The maximum Gasteiger partial charge on any atom is 0.472 e. The fourth-order valence-electron chi connectivity index (χ4n) is 10.3. The number of unbranched alkanes of at least 4 members (excludes halogenated alkanes) is 26. The largest absolute Gasteiger partial charge is 0.472 e. The highest BCUT2D eigenvalue weighted by Gasteiger charge is 2.58. The van der Waals surface area contributed by atoms with Gasteiger partial charge in [0.1, 0.15) is 92.1 Å². The molecule has 0 aromatic rings. The summed E-state index contributed by atoms with van der Waals surface area (Å²) >= 11 is 0. The topological polar surface area (TPSA) is 368 Å². The Labute approximate surface area is 485 Å². The number of phosphoric ester groups is 1. The Bertz CT molecular complexity index is 1720. The van der Waals surface area contributed by atoms with Gasteiger partial charge in [-0.15, -0.1) is 0 Å². The van der Waals surface area contributed by atoms with E-state index in [1.165, 1.54) is 122 Å². The number of hydrogen-bond acceptors (Lipinski definition) is 22. The summed E-state index contributed by atoms with van der Waals surface area (Å²) in [6.45, 7) is 0.913. The summed E-state index contributed by atoms with van der Waals surface area (Å²) in [7, 11) is -5.66. The lowest BCUT2D eigenvalue weighted by atomic mass is 9.84. The van der Waals surface area contributed by atoms with E-state index in [0.717, 1.165) is 63.9 Å². The fourth-order valence-corrected chi connectivity index (χ4v) is 11.2. The van der Waals surface area contributed by atoms with E-state index in [0.29, 0.717) is 6.42 Å². The smallest absolute Gasteiger partial charge is 0.458 e. The number of phosphoric acid groups is 1. The molecule has 3 fully saturated rings. The normalized spacial score (nSPS) is 30.9. The Kier molecular flexibility index (Phi) is 38.6. The number of carbonyl (C=O) groups is 2. The van der Waals surface area contributed by atoms with Crippen molar-refractivity contribution < 1.29 is 113 Å². The van der Waals surface area contributed by atoms with Gasteiger partial charge in [0, 0.05) is 12.5 Å². The number of rotatable bonds is 45. The molecule has 1 aliphatic carbocycles. The van der Waals surface area contributed by atoms with Crippen molar-refractivity contribution in [3.05, 3.63) is 24.3 Å². The van der Waals surface area contributed by atoms with Crippen LogP contribution in [0.4, 0.5) is 0 Å². The molecule has 16 unspecified atom stereocenters. The molecule has 480 valence electrons. The van der Waals surface area contributed by atoms with Gasteiger partial charge in [-0.2, -0.15) is 0 Å². The Morgan fingerprint density at radius 3 is 1.29 bits per heavy atom. The van der Waals surface area contributed by atoms with Crippen molar-refractivity contribution in [2.75, 3.05) is 26.4 Å². The van der Waals surface area contributed by atoms with Gasteiger partial charge < -0.3 is 89.5 Å². The van der Waals surface area contributed by atoms with Crippen LogP contribution in [0.5, 0.6) is 0 Å². The van der Waals surface area contributed by atoms with Crippen LogP contribution in [-0.2, 0) is 51.6 Å². The molecule has 0 aromatic carbocycles. The Morgan fingerprint density at radius 1 is 0.488 bits per heavy atom. The highest BCUT2D eigenvalue weighted by Crippen LogP contribution is 2.49. The van der Waals surface area contributed by atoms with E-state index in [1.807, 2.05) is 6.08 Å². The third kappa shape index (κ3) is 27.7. The minimum absolute atomic E-state index is 0.0475. The van der Waals surface area contributed by atoms with Crippen LogP contribution in [0.25, 0.3) is 0 Å². The molecule has 2 heterocycles. The zero-order chi connectivity index (χ0) is 60.3. The molecular formula is C58H105O23P. The number of aliphatic hydroxyl groups excluding tert-OH is 11. The van der Waals surface area contributed by atoms with Crippen LogP contribution in [0.15, 0.2) is 24.3 Å². The van der Waals surface area contributed by atoms with Crippen molar-refractivity contribution in [3.63, 3.8) is 0 Å². The van der Waals surface area contributed by atoms with E-state index in [1.54, 1.807) is 6.08 Å². The Hall–Kier alpha value is -2.07. The molecule has 2 aliphatic heterocycles. The summed E-state index contributed by atoms with van der Waals surface area (Å²) in [5.41, 5.74) is 0. The van der Waals surface area contributed by atoms with E-state index >= 15 is 0 Å². The van der Waals surface area contributed by atoms with E-state index in [4.69, 9.17) is 37.5 Å². The predicted molar refractivity (Wildman–Crippen MR) is 300 cm³/mol. The lowest BCUT2D eigenvalue weighted by Gasteiger charge is -2.49. The first-order valence-corrected chi connectivity index (χ1v) is 32.2. The van der Waals surface area contributed by atoms with Gasteiger partial charge in [-0.25, -0.2) is 9.36 Å². The van der Waals surface area contributed by atoms with Crippen LogP contribution < -0.4 is 0 Å². The molecular weight excluding hydrogens is 1100 g/mol. The van der Waals surface area contributed by atoms with Gasteiger partial charge in [0.25, 0.3) is 0 Å². The first-order valence-electron chi connectivity index (χ1n) is 30.7. The summed E-state index contributed by atoms with van der Waals surface area (Å²) in [5.74, 6) is -1.58. The summed E-state index contributed by atoms with van der Waals surface area (Å²) in [6, 6.07) is 0. The highest BCUT2D eigenvalue weighted by atomic mass is 31.2. The SMILES string of the molecule is CCCCCCCCCCCCC/C=C/C=C/C(=O)OCC(COP(=O)(O)OC1C(OC2OC(CO)C(O)C(O)C2O)C(O)C(O)C(O)C1OC1OC(CO)C(O)C(O)C1O)OC(=O)CCCCCCCCCCCCCCCCCC. The standard InChI is InChI=1S/C58H105O23P/c1-3-5-7-9-11-13-15-17-19-21-23-25-27-29-31-33-35-44(62)76-40(38-74-43(61)34-32-30-28-26-24-22-20-18-16-14-12-10-8-6-4-2)39-75-82(72,73)81-56-54(79-57-52(70)47(65)45(63)41(36-59)77-57)50(68)49(67)51(69)55(56)80-58-53(71)48(66)46(64)42(37-60)78-58/h28,30,32,34,40-42,45-60,63-71H,3-27,29,31,33,35-39H2,1-2H3,(H,72,73)/b30-28+,34-32+. The van der Waals surface area contributed by atoms with Crippen molar-refractivity contribution >= 4 is 19.8 Å². The quantitative estimate of drug-likeness (QED) is 0.0127. The van der Waals surface area contributed by atoms with Crippen molar-refractivity contribution in [1.29, 1.82) is 0 Å².